The largest absolute Gasteiger partial charge is 0.412 e. The van der Waals surface area contributed by atoms with Crippen molar-refractivity contribution in [1.29, 1.82) is 0 Å². The molecule has 0 aromatic carbocycles. The van der Waals surface area contributed by atoms with E-state index >= 15 is 0 Å². The summed E-state index contributed by atoms with van der Waals surface area (Å²) >= 11 is 0. The monoisotopic (exact) mass is 187 g/mol. The predicted octanol–water partition coefficient (Wildman–Crippen LogP) is -1.41. The normalized spacial score (nSPS) is 0. The predicted molar refractivity (Wildman–Crippen MR) is 28.4 cm³/mol. The van der Waals surface area contributed by atoms with Crippen LogP contribution in [0, 0.1) is 0 Å². The second-order valence-corrected chi connectivity index (χ2v) is 0. The van der Waals surface area contributed by atoms with E-state index in [1.165, 1.54) is 0 Å². The molecule has 0 rings (SSSR count). The fourth-order valence-corrected chi connectivity index (χ4v) is 0. The molecular formula is H5INaO2. The average Bonchev–Trinajstić information content (AvgIpc) is 0. The molecule has 0 aromatic rings. The molecule has 0 unspecified atom stereocenters. The van der Waals surface area contributed by atoms with E-state index in [-0.39, 0.29) is 64.5 Å². The Morgan fingerprint density at radius 2 is 0.750 bits per heavy atom. The first-order valence-electron chi connectivity index (χ1n) is 0. The zero-order valence-electron chi connectivity index (χ0n) is 2.41. The van der Waals surface area contributed by atoms with Gasteiger partial charge < -0.3 is 11.0 Å². The van der Waals surface area contributed by atoms with Crippen LogP contribution in [0.25, 0.3) is 0 Å². The maximum absolute atomic E-state index is 0. The standard InChI is InChI=1S/HI.Na.2H2O/h1H;;2*1H2. The number of rotatable bonds is 0. The van der Waals surface area contributed by atoms with Crippen LogP contribution in [0.2, 0.25) is 0 Å². The van der Waals surface area contributed by atoms with Gasteiger partial charge in [-0.25, -0.2) is 0 Å². The van der Waals surface area contributed by atoms with Crippen molar-refractivity contribution in [2.45, 2.75) is 0 Å². The smallest absolute Gasteiger partial charge is 0 e. The minimum atomic E-state index is 0. The van der Waals surface area contributed by atoms with Gasteiger partial charge in [0.25, 0.3) is 0 Å². The maximum Gasteiger partial charge on any atom is 0 e. The van der Waals surface area contributed by atoms with Crippen LogP contribution in [0.4, 0.5) is 0 Å². The van der Waals surface area contributed by atoms with E-state index < -0.39 is 0 Å². The van der Waals surface area contributed by atoms with Gasteiger partial charge in [0.05, 0.1) is 0 Å². The Labute approximate surface area is 63.9 Å². The Morgan fingerprint density at radius 3 is 0.750 bits per heavy atom. The van der Waals surface area contributed by atoms with Gasteiger partial charge in [-0.3, -0.25) is 0 Å². The summed E-state index contributed by atoms with van der Waals surface area (Å²) in [6.07, 6.45) is 0. The zero-order valence-corrected chi connectivity index (χ0v) is 6.74. The molecule has 4 heteroatoms. The van der Waals surface area contributed by atoms with Crippen LogP contribution in [-0.4, -0.2) is 40.5 Å². The summed E-state index contributed by atoms with van der Waals surface area (Å²) in [5, 5.41) is 0. The second kappa shape index (κ2) is 22.8. The van der Waals surface area contributed by atoms with Gasteiger partial charge in [0.1, 0.15) is 0 Å². The van der Waals surface area contributed by atoms with E-state index in [2.05, 4.69) is 0 Å². The summed E-state index contributed by atoms with van der Waals surface area (Å²) in [7, 11) is 0. The number of halogens is 1. The first-order valence-corrected chi connectivity index (χ1v) is 0. The quantitative estimate of drug-likeness (QED) is 0.330. The molecule has 0 amide bonds. The second-order valence-electron chi connectivity index (χ2n) is 0. The summed E-state index contributed by atoms with van der Waals surface area (Å²) < 4.78 is 0. The molecule has 0 aliphatic carbocycles. The Kier molecular flexibility index (Phi) is 255. The summed E-state index contributed by atoms with van der Waals surface area (Å²) in [5.41, 5.74) is 0. The topological polar surface area (TPSA) is 63.0 Å². The van der Waals surface area contributed by atoms with Crippen molar-refractivity contribution in [1.82, 2.24) is 0 Å². The van der Waals surface area contributed by atoms with Gasteiger partial charge in [0, 0.05) is 29.6 Å². The number of hydrogen-bond donors (Lipinski definition) is 0. The minimum Gasteiger partial charge on any atom is -0.412 e. The molecule has 0 aliphatic heterocycles. The van der Waals surface area contributed by atoms with E-state index in [4.69, 9.17) is 0 Å². The third-order valence-corrected chi connectivity index (χ3v) is 0. The van der Waals surface area contributed by atoms with Crippen LogP contribution in [0.3, 0.4) is 0 Å². The van der Waals surface area contributed by atoms with Crippen molar-refractivity contribution in [3.05, 3.63) is 0 Å². The molecule has 0 aliphatic rings. The SMILES string of the molecule is I.O.O.[Na]. The van der Waals surface area contributed by atoms with Crippen molar-refractivity contribution >= 4 is 53.5 Å². The van der Waals surface area contributed by atoms with Crippen LogP contribution < -0.4 is 0 Å². The van der Waals surface area contributed by atoms with Gasteiger partial charge >= 0.3 is 0 Å². The van der Waals surface area contributed by atoms with Gasteiger partial charge in [-0.1, -0.05) is 0 Å². The van der Waals surface area contributed by atoms with Crippen molar-refractivity contribution in [2.24, 2.45) is 0 Å². The summed E-state index contributed by atoms with van der Waals surface area (Å²) in [4.78, 5) is 0. The Balaban J connectivity index is 0. The van der Waals surface area contributed by atoms with E-state index in [9.17, 15) is 0 Å². The molecular weight excluding hydrogens is 182 g/mol. The van der Waals surface area contributed by atoms with E-state index in [0.29, 0.717) is 0 Å². The van der Waals surface area contributed by atoms with Gasteiger partial charge in [-0.2, -0.15) is 0 Å². The molecule has 0 fully saturated rings. The molecule has 0 spiro atoms. The zero-order chi connectivity index (χ0) is 0. The third kappa shape index (κ3) is 9.41. The Bertz CT molecular complexity index is 6.00. The van der Waals surface area contributed by atoms with Crippen LogP contribution in [0.15, 0.2) is 0 Å². The van der Waals surface area contributed by atoms with Gasteiger partial charge in [-0.15, -0.1) is 24.0 Å². The fraction of sp³-hybridized carbons (Fsp3) is 0. The Hall–Kier alpha value is 1.65. The van der Waals surface area contributed by atoms with E-state index in [0.717, 1.165) is 0 Å². The van der Waals surface area contributed by atoms with Crippen LogP contribution in [0.1, 0.15) is 0 Å². The van der Waals surface area contributed by atoms with Gasteiger partial charge in [0.2, 0.25) is 0 Å². The van der Waals surface area contributed by atoms with Crippen LogP contribution in [0.5, 0.6) is 0 Å². The van der Waals surface area contributed by atoms with Crippen molar-refractivity contribution in [3.63, 3.8) is 0 Å². The molecule has 0 bridgehead atoms. The Morgan fingerprint density at radius 1 is 0.750 bits per heavy atom. The molecule has 4 N–H and O–H groups in total. The van der Waals surface area contributed by atoms with E-state index in [1.807, 2.05) is 0 Å². The molecule has 2 nitrogen and oxygen atoms in total. The average molecular weight is 187 g/mol. The third-order valence-electron chi connectivity index (χ3n) is 0. The first-order chi connectivity index (χ1) is 0. The van der Waals surface area contributed by atoms with Gasteiger partial charge in [-0.05, 0) is 0 Å². The fourth-order valence-electron chi connectivity index (χ4n) is 0. The summed E-state index contributed by atoms with van der Waals surface area (Å²) in [6.45, 7) is 0. The van der Waals surface area contributed by atoms with Crippen LogP contribution in [-0.2, 0) is 0 Å². The van der Waals surface area contributed by atoms with E-state index in [1.54, 1.807) is 0 Å². The molecule has 0 saturated heterocycles. The molecule has 0 heterocycles. The summed E-state index contributed by atoms with van der Waals surface area (Å²) in [5.74, 6) is 0. The van der Waals surface area contributed by atoms with Crippen molar-refractivity contribution in [3.8, 4) is 0 Å². The van der Waals surface area contributed by atoms with Crippen LogP contribution >= 0.6 is 24.0 Å². The molecule has 0 aromatic heterocycles. The molecule has 1 radical (unpaired) electrons. The van der Waals surface area contributed by atoms with Gasteiger partial charge in [0.15, 0.2) is 0 Å². The first kappa shape index (κ1) is 44.9. The number of hydrogen-bond acceptors (Lipinski definition) is 0. The van der Waals surface area contributed by atoms with Crippen molar-refractivity contribution in [2.75, 3.05) is 0 Å². The van der Waals surface area contributed by atoms with Crippen molar-refractivity contribution < 1.29 is 11.0 Å². The molecule has 0 atom stereocenters. The maximum atomic E-state index is 0. The molecule has 0 saturated carbocycles. The minimum absolute atomic E-state index is 0. The molecule has 25 valence electrons. The molecule has 4 heavy (non-hydrogen) atoms. The summed E-state index contributed by atoms with van der Waals surface area (Å²) in [6, 6.07) is 0.